The average molecular weight is 396 g/mol. The Morgan fingerprint density at radius 2 is 1.10 bits per heavy atom. The third kappa shape index (κ3) is 1.05. The summed E-state index contributed by atoms with van der Waals surface area (Å²) in [5.74, 6) is 0. The standard InChI is InChI=1S/C19H20N6O4/c1-16-7-5-11-19-9-18(16,19)10(22-12(26)20(3)14(28)24(16)22)6-8-17(19,2)25-15(29)21(4)13(27)23(11)25/h5-8,10-11H,9H2,1-4H3/t10-,11?,16+,17?,18-,19?/m0/s1. The van der Waals surface area contributed by atoms with Gasteiger partial charge in [0.2, 0.25) is 0 Å². The minimum atomic E-state index is -0.712. The predicted molar refractivity (Wildman–Crippen MR) is 101 cm³/mol. The molecule has 0 amide bonds. The van der Waals surface area contributed by atoms with Gasteiger partial charge in [-0.15, -0.1) is 0 Å². The SMILES string of the molecule is Cn1c(=O)n2n(c1=O)C1(C)C=C[C@@H]3n4c(=O)n(C)c(=O)n4[C@]4(C)C=CC2C12C[C@@]324. The molecule has 1 fully saturated rings. The van der Waals surface area contributed by atoms with Crippen molar-refractivity contribution in [3.63, 3.8) is 0 Å². The number of aromatic nitrogens is 6. The highest BCUT2D eigenvalue weighted by Crippen LogP contribution is 2.89. The van der Waals surface area contributed by atoms with Crippen molar-refractivity contribution in [3.8, 4) is 0 Å². The lowest BCUT2D eigenvalue weighted by molar-refractivity contribution is 0.0918. The zero-order valence-electron chi connectivity index (χ0n) is 16.5. The maximum atomic E-state index is 13.0. The summed E-state index contributed by atoms with van der Waals surface area (Å²) in [5, 5.41) is 0. The fraction of sp³-hybridized carbons (Fsp3) is 0.579. The molecule has 0 aromatic carbocycles. The molecule has 0 N–H and O–H groups in total. The summed E-state index contributed by atoms with van der Waals surface area (Å²) in [6.45, 7) is 4.00. The molecule has 3 unspecified atom stereocenters. The van der Waals surface area contributed by atoms with Gasteiger partial charge >= 0.3 is 22.8 Å². The van der Waals surface area contributed by atoms with Crippen molar-refractivity contribution in [2.24, 2.45) is 24.9 Å². The van der Waals surface area contributed by atoms with Crippen LogP contribution in [0.15, 0.2) is 43.5 Å². The van der Waals surface area contributed by atoms with Gasteiger partial charge in [-0.2, -0.15) is 0 Å². The van der Waals surface area contributed by atoms with E-state index in [1.165, 1.54) is 14.1 Å². The number of hydrogen-bond acceptors (Lipinski definition) is 4. The van der Waals surface area contributed by atoms with Crippen LogP contribution in [-0.2, 0) is 25.2 Å². The lowest BCUT2D eigenvalue weighted by Crippen LogP contribution is -2.53. The first kappa shape index (κ1) is 15.8. The molecule has 2 aromatic rings. The van der Waals surface area contributed by atoms with Gasteiger partial charge in [0.25, 0.3) is 0 Å². The van der Waals surface area contributed by atoms with Gasteiger partial charge in [0.1, 0.15) is 0 Å². The van der Waals surface area contributed by atoms with Crippen LogP contribution in [0.5, 0.6) is 0 Å². The molecule has 5 aliphatic rings. The Labute approximate surface area is 163 Å². The molecule has 0 bridgehead atoms. The number of allylic oxidation sites excluding steroid dienone is 4. The highest BCUT2D eigenvalue weighted by Gasteiger charge is 2.92. The first-order valence-electron chi connectivity index (χ1n) is 9.81. The van der Waals surface area contributed by atoms with Crippen LogP contribution < -0.4 is 22.8 Å². The summed E-state index contributed by atoms with van der Waals surface area (Å²) >= 11 is 0. The maximum Gasteiger partial charge on any atom is 0.347 e. The lowest BCUT2D eigenvalue weighted by atomic mass is 9.59. The molecule has 1 saturated carbocycles. The Balaban J connectivity index is 1.67. The van der Waals surface area contributed by atoms with Crippen LogP contribution in [0.1, 0.15) is 32.4 Å². The highest BCUT2D eigenvalue weighted by atomic mass is 16.2. The van der Waals surface area contributed by atoms with Crippen molar-refractivity contribution < 1.29 is 0 Å². The van der Waals surface area contributed by atoms with Crippen molar-refractivity contribution in [2.75, 3.05) is 0 Å². The molecule has 0 saturated heterocycles. The van der Waals surface area contributed by atoms with Gasteiger partial charge in [-0.3, -0.25) is 0 Å². The maximum absolute atomic E-state index is 13.0. The first-order valence-corrected chi connectivity index (χ1v) is 9.81. The van der Waals surface area contributed by atoms with Gasteiger partial charge in [0, 0.05) is 24.9 Å². The van der Waals surface area contributed by atoms with Crippen molar-refractivity contribution in [1.29, 1.82) is 0 Å². The summed E-state index contributed by atoms with van der Waals surface area (Å²) < 4.78 is 8.63. The van der Waals surface area contributed by atoms with Crippen LogP contribution in [0.4, 0.5) is 0 Å². The van der Waals surface area contributed by atoms with E-state index in [9.17, 15) is 19.2 Å². The smallest absolute Gasteiger partial charge is 0.246 e. The number of rotatable bonds is 0. The summed E-state index contributed by atoms with van der Waals surface area (Å²) in [5.41, 5.74) is -3.67. The normalized spacial score (nSPS) is 43.9. The minimum Gasteiger partial charge on any atom is -0.246 e. The first-order chi connectivity index (χ1) is 13.6. The topological polar surface area (TPSA) is 97.9 Å². The van der Waals surface area contributed by atoms with Crippen LogP contribution in [-0.4, -0.2) is 27.9 Å². The Kier molecular flexibility index (Phi) is 2.04. The van der Waals surface area contributed by atoms with E-state index in [1.807, 2.05) is 38.2 Å². The van der Waals surface area contributed by atoms with Crippen LogP contribution >= 0.6 is 0 Å². The van der Waals surface area contributed by atoms with Crippen LogP contribution in [0.3, 0.4) is 0 Å². The summed E-state index contributed by atoms with van der Waals surface area (Å²) in [6.07, 6.45) is 8.59. The van der Waals surface area contributed by atoms with E-state index in [-0.39, 0.29) is 34.8 Å². The van der Waals surface area contributed by atoms with E-state index in [2.05, 4.69) is 0 Å². The molecular formula is C19H20N6O4. The molecular weight excluding hydrogens is 376 g/mol. The van der Waals surface area contributed by atoms with Gasteiger partial charge in [0.15, 0.2) is 0 Å². The van der Waals surface area contributed by atoms with Crippen molar-refractivity contribution in [2.45, 2.75) is 43.4 Å². The molecule has 150 valence electrons. The van der Waals surface area contributed by atoms with Gasteiger partial charge in [-0.1, -0.05) is 24.3 Å². The molecule has 29 heavy (non-hydrogen) atoms. The second-order valence-electron chi connectivity index (χ2n) is 9.58. The van der Waals surface area contributed by atoms with Crippen LogP contribution in [0.25, 0.3) is 0 Å². The van der Waals surface area contributed by atoms with E-state index in [0.717, 1.165) is 15.6 Å². The van der Waals surface area contributed by atoms with E-state index in [4.69, 9.17) is 0 Å². The Hall–Kier alpha value is -3.04. The fourth-order valence-corrected chi connectivity index (χ4v) is 7.72. The second-order valence-corrected chi connectivity index (χ2v) is 9.58. The van der Waals surface area contributed by atoms with Crippen LogP contribution in [0.2, 0.25) is 0 Å². The molecule has 10 nitrogen and oxygen atoms in total. The quantitative estimate of drug-likeness (QED) is 0.521. The Morgan fingerprint density at radius 3 is 1.48 bits per heavy atom. The van der Waals surface area contributed by atoms with Gasteiger partial charge in [0.05, 0.1) is 23.2 Å². The number of fused-ring (bicyclic) bond motifs is 6. The molecule has 0 radical (unpaired) electrons. The zero-order valence-corrected chi connectivity index (χ0v) is 16.5. The lowest BCUT2D eigenvalue weighted by Gasteiger charge is -2.46. The number of hydrogen-bond donors (Lipinski definition) is 0. The molecule has 6 atom stereocenters. The van der Waals surface area contributed by atoms with Crippen molar-refractivity contribution >= 4 is 0 Å². The third-order valence-electron chi connectivity index (χ3n) is 8.99. The minimum absolute atomic E-state index is 0.293. The summed E-state index contributed by atoms with van der Waals surface area (Å²) in [7, 11) is 3.00. The van der Waals surface area contributed by atoms with E-state index in [0.29, 0.717) is 0 Å². The van der Waals surface area contributed by atoms with Crippen molar-refractivity contribution in [1.82, 2.24) is 27.9 Å². The van der Waals surface area contributed by atoms with Gasteiger partial charge in [-0.05, 0) is 20.3 Å². The van der Waals surface area contributed by atoms with Gasteiger partial charge in [-0.25, -0.2) is 47.0 Å². The monoisotopic (exact) mass is 396 g/mol. The molecule has 3 aliphatic carbocycles. The van der Waals surface area contributed by atoms with Crippen LogP contribution in [0, 0.1) is 10.8 Å². The second kappa shape index (κ2) is 3.73. The summed E-state index contributed by atoms with van der Waals surface area (Å²) in [4.78, 5) is 51.9. The Bertz CT molecular complexity index is 1390. The molecule has 7 rings (SSSR count). The van der Waals surface area contributed by atoms with E-state index >= 15 is 0 Å². The average Bonchev–Trinajstić information content (AvgIpc) is 3.17. The number of nitrogens with zero attached hydrogens (tertiary/aromatic N) is 6. The summed E-state index contributed by atoms with van der Waals surface area (Å²) in [6, 6.07) is -0.586. The zero-order chi connectivity index (χ0) is 20.5. The molecule has 2 aromatic heterocycles. The fourth-order valence-electron chi connectivity index (χ4n) is 7.72. The third-order valence-corrected chi connectivity index (χ3v) is 8.99. The van der Waals surface area contributed by atoms with Crippen molar-refractivity contribution in [3.05, 3.63) is 66.2 Å². The Morgan fingerprint density at radius 1 is 0.724 bits per heavy atom. The highest BCUT2D eigenvalue weighted by molar-refractivity contribution is 5.50. The molecule has 10 heteroatoms. The largest absolute Gasteiger partial charge is 0.347 e. The van der Waals surface area contributed by atoms with E-state index < -0.39 is 21.9 Å². The molecule has 2 aliphatic heterocycles. The molecule has 2 spiro atoms. The van der Waals surface area contributed by atoms with E-state index in [1.54, 1.807) is 18.7 Å². The molecule has 4 heterocycles. The predicted octanol–water partition coefficient (Wildman–Crippen LogP) is -1.23. The van der Waals surface area contributed by atoms with Gasteiger partial charge < -0.3 is 0 Å².